The summed E-state index contributed by atoms with van der Waals surface area (Å²) in [6.07, 6.45) is -1.29. The van der Waals surface area contributed by atoms with Crippen molar-refractivity contribution in [3.63, 3.8) is 0 Å². The van der Waals surface area contributed by atoms with Crippen LogP contribution >= 0.6 is 22.6 Å². The van der Waals surface area contributed by atoms with Gasteiger partial charge in [-0.3, -0.25) is 4.98 Å². The summed E-state index contributed by atoms with van der Waals surface area (Å²) in [6, 6.07) is 1.57. The van der Waals surface area contributed by atoms with Crippen LogP contribution in [0.2, 0.25) is 0 Å². The lowest BCUT2D eigenvalue weighted by Gasteiger charge is -2.03. The van der Waals surface area contributed by atoms with Gasteiger partial charge in [0.1, 0.15) is 0 Å². The Morgan fingerprint density at radius 3 is 2.67 bits per heavy atom. The van der Waals surface area contributed by atoms with Crippen molar-refractivity contribution < 1.29 is 8.78 Å². The van der Waals surface area contributed by atoms with Gasteiger partial charge < -0.3 is 5.73 Å². The molecule has 0 atom stereocenters. The van der Waals surface area contributed by atoms with Gasteiger partial charge in [-0.05, 0) is 28.7 Å². The van der Waals surface area contributed by atoms with E-state index < -0.39 is 6.43 Å². The first kappa shape index (κ1) is 9.79. The summed E-state index contributed by atoms with van der Waals surface area (Å²) in [7, 11) is 0. The van der Waals surface area contributed by atoms with E-state index in [0.717, 1.165) is 0 Å². The molecule has 0 aromatic carbocycles. The summed E-state index contributed by atoms with van der Waals surface area (Å²) in [5, 5.41) is 0. The minimum absolute atomic E-state index is 0.0344. The van der Waals surface area contributed by atoms with E-state index in [1.54, 1.807) is 6.07 Å². The van der Waals surface area contributed by atoms with Gasteiger partial charge in [0.25, 0.3) is 6.43 Å². The molecule has 0 spiro atoms. The standard InChI is InChI=1S/C7H7F2IN2/c8-7(9)5-3-12-4(2-11)1-6(5)10/h1,3,7H,2,11H2. The molecule has 0 fully saturated rings. The maximum atomic E-state index is 12.2. The summed E-state index contributed by atoms with van der Waals surface area (Å²) < 4.78 is 24.9. The Hall–Kier alpha value is -0.300. The summed E-state index contributed by atoms with van der Waals surface area (Å²) in [5.41, 5.74) is 5.89. The quantitative estimate of drug-likeness (QED) is 0.844. The minimum Gasteiger partial charge on any atom is -0.325 e. The molecule has 12 heavy (non-hydrogen) atoms. The number of nitrogens with two attached hydrogens (primary N) is 1. The average Bonchev–Trinajstić information content (AvgIpc) is 2.03. The minimum atomic E-state index is -2.46. The van der Waals surface area contributed by atoms with Crippen LogP contribution in [0.25, 0.3) is 0 Å². The molecule has 5 heteroatoms. The highest BCUT2D eigenvalue weighted by molar-refractivity contribution is 14.1. The molecule has 2 N–H and O–H groups in total. The maximum absolute atomic E-state index is 12.2. The number of halogens is 3. The van der Waals surface area contributed by atoms with Crippen molar-refractivity contribution in [3.8, 4) is 0 Å². The number of alkyl halides is 2. The van der Waals surface area contributed by atoms with Crippen molar-refractivity contribution in [3.05, 3.63) is 27.1 Å². The SMILES string of the molecule is NCc1cc(I)c(C(F)F)cn1. The molecule has 0 aliphatic carbocycles. The topological polar surface area (TPSA) is 38.9 Å². The third-order valence-corrected chi connectivity index (χ3v) is 2.32. The van der Waals surface area contributed by atoms with Crippen LogP contribution in [0.15, 0.2) is 12.3 Å². The van der Waals surface area contributed by atoms with Gasteiger partial charge in [-0.25, -0.2) is 8.78 Å². The van der Waals surface area contributed by atoms with Crippen LogP contribution in [0, 0.1) is 3.57 Å². The fourth-order valence-electron chi connectivity index (χ4n) is 0.753. The van der Waals surface area contributed by atoms with Crippen molar-refractivity contribution in [2.24, 2.45) is 5.73 Å². The molecule has 2 nitrogen and oxygen atoms in total. The largest absolute Gasteiger partial charge is 0.325 e. The molecule has 0 saturated heterocycles. The van der Waals surface area contributed by atoms with Crippen molar-refractivity contribution in [2.75, 3.05) is 0 Å². The van der Waals surface area contributed by atoms with Crippen LogP contribution in [0.5, 0.6) is 0 Å². The van der Waals surface area contributed by atoms with E-state index in [1.165, 1.54) is 6.20 Å². The molecule has 0 saturated carbocycles. The van der Waals surface area contributed by atoms with Crippen LogP contribution < -0.4 is 5.73 Å². The van der Waals surface area contributed by atoms with Gasteiger partial charge in [0.15, 0.2) is 0 Å². The Labute approximate surface area is 82.3 Å². The highest BCUT2D eigenvalue weighted by atomic mass is 127. The summed E-state index contributed by atoms with van der Waals surface area (Å²) in [5.74, 6) is 0. The van der Waals surface area contributed by atoms with Gasteiger partial charge in [0.05, 0.1) is 5.69 Å². The molecule has 0 bridgehead atoms. The highest BCUT2D eigenvalue weighted by Gasteiger charge is 2.11. The van der Waals surface area contributed by atoms with E-state index in [-0.39, 0.29) is 12.1 Å². The van der Waals surface area contributed by atoms with Crippen LogP contribution in [-0.2, 0) is 6.54 Å². The predicted molar refractivity (Wildman–Crippen MR) is 49.8 cm³/mol. The first-order valence-electron chi connectivity index (χ1n) is 3.27. The van der Waals surface area contributed by atoms with Crippen molar-refractivity contribution in [1.82, 2.24) is 4.98 Å². The van der Waals surface area contributed by atoms with E-state index in [2.05, 4.69) is 4.98 Å². The summed E-state index contributed by atoms with van der Waals surface area (Å²) in [4.78, 5) is 3.77. The summed E-state index contributed by atoms with van der Waals surface area (Å²) >= 11 is 1.85. The molecule has 0 amide bonds. The second-order valence-electron chi connectivity index (χ2n) is 2.20. The van der Waals surface area contributed by atoms with Crippen LogP contribution in [0.4, 0.5) is 8.78 Å². The molecule has 1 aromatic rings. The Bertz CT molecular complexity index is 278. The molecule has 0 radical (unpaired) electrons. The lowest BCUT2D eigenvalue weighted by atomic mass is 10.2. The number of hydrogen-bond acceptors (Lipinski definition) is 2. The maximum Gasteiger partial charge on any atom is 0.266 e. The predicted octanol–water partition coefficient (Wildman–Crippen LogP) is 2.08. The first-order valence-corrected chi connectivity index (χ1v) is 4.35. The monoisotopic (exact) mass is 284 g/mol. The van der Waals surface area contributed by atoms with Gasteiger partial charge in [-0.1, -0.05) is 0 Å². The van der Waals surface area contributed by atoms with Crippen LogP contribution in [0.3, 0.4) is 0 Å². The smallest absolute Gasteiger partial charge is 0.266 e. The van der Waals surface area contributed by atoms with E-state index in [1.807, 2.05) is 22.6 Å². The third kappa shape index (κ3) is 2.10. The first-order chi connectivity index (χ1) is 5.65. The van der Waals surface area contributed by atoms with Gasteiger partial charge in [-0.2, -0.15) is 0 Å². The third-order valence-electron chi connectivity index (χ3n) is 1.38. The molecular formula is C7H7F2IN2. The van der Waals surface area contributed by atoms with Gasteiger partial charge in [0, 0.05) is 21.9 Å². The number of aromatic nitrogens is 1. The molecule has 1 aromatic heterocycles. The zero-order valence-corrected chi connectivity index (χ0v) is 8.26. The number of pyridine rings is 1. The Kier molecular flexibility index (Phi) is 3.33. The zero-order valence-electron chi connectivity index (χ0n) is 6.10. The Balaban J connectivity index is 3.03. The number of hydrogen-bond donors (Lipinski definition) is 1. The summed E-state index contributed by atoms with van der Waals surface area (Å²) in [6.45, 7) is 0.277. The average molecular weight is 284 g/mol. The second kappa shape index (κ2) is 4.08. The highest BCUT2D eigenvalue weighted by Crippen LogP contribution is 2.23. The van der Waals surface area contributed by atoms with E-state index in [0.29, 0.717) is 9.26 Å². The zero-order chi connectivity index (χ0) is 9.14. The van der Waals surface area contributed by atoms with Crippen LogP contribution in [-0.4, -0.2) is 4.98 Å². The van der Waals surface area contributed by atoms with E-state index >= 15 is 0 Å². The molecule has 1 rings (SSSR count). The molecule has 1 heterocycles. The fourth-order valence-corrected chi connectivity index (χ4v) is 1.49. The number of nitrogens with zero attached hydrogens (tertiary/aromatic N) is 1. The number of rotatable bonds is 2. The fraction of sp³-hybridized carbons (Fsp3) is 0.286. The molecule has 0 aliphatic rings. The van der Waals surface area contributed by atoms with Gasteiger partial charge in [-0.15, -0.1) is 0 Å². The molecule has 66 valence electrons. The van der Waals surface area contributed by atoms with Gasteiger partial charge >= 0.3 is 0 Å². The van der Waals surface area contributed by atoms with Crippen molar-refractivity contribution in [1.29, 1.82) is 0 Å². The van der Waals surface area contributed by atoms with Crippen molar-refractivity contribution in [2.45, 2.75) is 13.0 Å². The van der Waals surface area contributed by atoms with E-state index in [9.17, 15) is 8.78 Å². The second-order valence-corrected chi connectivity index (χ2v) is 3.36. The van der Waals surface area contributed by atoms with Gasteiger partial charge in [0.2, 0.25) is 0 Å². The van der Waals surface area contributed by atoms with E-state index in [4.69, 9.17) is 5.73 Å². The lowest BCUT2D eigenvalue weighted by Crippen LogP contribution is -2.01. The van der Waals surface area contributed by atoms with Crippen molar-refractivity contribution >= 4 is 22.6 Å². The normalized spacial score (nSPS) is 10.8. The molecule has 0 aliphatic heterocycles. The Morgan fingerprint density at radius 1 is 1.58 bits per heavy atom. The molecule has 0 unspecified atom stereocenters. The Morgan fingerprint density at radius 2 is 2.25 bits per heavy atom. The molecular weight excluding hydrogens is 277 g/mol. The lowest BCUT2D eigenvalue weighted by molar-refractivity contribution is 0.150. The van der Waals surface area contributed by atoms with Crippen LogP contribution in [0.1, 0.15) is 17.7 Å².